The molecule has 3 heteroatoms. The van der Waals surface area contributed by atoms with Crippen LogP contribution in [0.25, 0.3) is 0 Å². The first-order chi connectivity index (χ1) is 8.27. The van der Waals surface area contributed by atoms with E-state index in [1.165, 1.54) is 5.56 Å². The van der Waals surface area contributed by atoms with Crippen LogP contribution < -0.4 is 5.73 Å². The van der Waals surface area contributed by atoms with Gasteiger partial charge in [0.05, 0.1) is 0 Å². The Bertz CT molecular complexity index is 509. The Kier molecular flexibility index (Phi) is 3.50. The second kappa shape index (κ2) is 5.25. The first kappa shape index (κ1) is 11.3. The molecule has 2 aromatic rings. The molecular formula is C14H14N2O. The van der Waals surface area contributed by atoms with Crippen LogP contribution in [0.2, 0.25) is 0 Å². The van der Waals surface area contributed by atoms with Crippen LogP contribution >= 0.6 is 0 Å². The molecule has 86 valence electrons. The van der Waals surface area contributed by atoms with Crippen LogP contribution in [-0.2, 0) is 12.8 Å². The van der Waals surface area contributed by atoms with Gasteiger partial charge in [0, 0.05) is 18.0 Å². The largest absolute Gasteiger partial charge is 0.366 e. The smallest absolute Gasteiger partial charge is 0.249 e. The van der Waals surface area contributed by atoms with Crippen molar-refractivity contribution in [2.24, 2.45) is 5.73 Å². The molecule has 0 saturated heterocycles. The standard InChI is InChI=1S/C14H14N2O/c15-14(17)13-8-9-16-10-12(13)7-6-11-4-2-1-3-5-11/h1-5,8-10H,6-7H2,(H2,15,17). The monoisotopic (exact) mass is 226 g/mol. The van der Waals surface area contributed by atoms with E-state index in [0.29, 0.717) is 5.56 Å². The first-order valence-electron chi connectivity index (χ1n) is 5.54. The fraction of sp³-hybridized carbons (Fsp3) is 0.143. The molecule has 0 unspecified atom stereocenters. The van der Waals surface area contributed by atoms with Crippen LogP contribution in [0.5, 0.6) is 0 Å². The minimum Gasteiger partial charge on any atom is -0.366 e. The lowest BCUT2D eigenvalue weighted by molar-refractivity contribution is 0.0999. The van der Waals surface area contributed by atoms with E-state index in [0.717, 1.165) is 18.4 Å². The quantitative estimate of drug-likeness (QED) is 0.866. The number of carbonyl (C=O) groups is 1. The predicted octanol–water partition coefficient (Wildman–Crippen LogP) is 1.97. The van der Waals surface area contributed by atoms with Crippen LogP contribution in [0, 0.1) is 0 Å². The van der Waals surface area contributed by atoms with Crippen molar-refractivity contribution in [1.29, 1.82) is 0 Å². The summed E-state index contributed by atoms with van der Waals surface area (Å²) < 4.78 is 0. The number of primary amides is 1. The minimum atomic E-state index is -0.393. The Morgan fingerprint density at radius 2 is 1.88 bits per heavy atom. The van der Waals surface area contributed by atoms with Gasteiger partial charge >= 0.3 is 0 Å². The molecule has 17 heavy (non-hydrogen) atoms. The zero-order valence-corrected chi connectivity index (χ0v) is 9.47. The SMILES string of the molecule is NC(=O)c1ccncc1CCc1ccccc1. The van der Waals surface area contributed by atoms with E-state index in [-0.39, 0.29) is 0 Å². The lowest BCUT2D eigenvalue weighted by Crippen LogP contribution is -2.14. The van der Waals surface area contributed by atoms with Crippen molar-refractivity contribution in [2.45, 2.75) is 12.8 Å². The van der Waals surface area contributed by atoms with Crippen molar-refractivity contribution in [3.05, 3.63) is 65.5 Å². The molecular weight excluding hydrogens is 212 g/mol. The second-order valence-electron chi connectivity index (χ2n) is 3.88. The van der Waals surface area contributed by atoms with Crippen molar-refractivity contribution in [3.63, 3.8) is 0 Å². The Labute approximate surface area is 100 Å². The van der Waals surface area contributed by atoms with Gasteiger partial charge in [0.1, 0.15) is 0 Å². The van der Waals surface area contributed by atoms with E-state index < -0.39 is 5.91 Å². The third-order valence-electron chi connectivity index (χ3n) is 2.69. The number of aromatic nitrogens is 1. The van der Waals surface area contributed by atoms with Gasteiger partial charge in [0.25, 0.3) is 0 Å². The third-order valence-corrected chi connectivity index (χ3v) is 2.69. The highest BCUT2D eigenvalue weighted by Gasteiger charge is 2.07. The molecule has 0 saturated carbocycles. The lowest BCUT2D eigenvalue weighted by Gasteiger charge is -2.05. The van der Waals surface area contributed by atoms with Crippen LogP contribution in [0.15, 0.2) is 48.8 Å². The van der Waals surface area contributed by atoms with E-state index >= 15 is 0 Å². The van der Waals surface area contributed by atoms with Gasteiger partial charge in [-0.15, -0.1) is 0 Å². The summed E-state index contributed by atoms with van der Waals surface area (Å²) in [7, 11) is 0. The third kappa shape index (κ3) is 2.91. The fourth-order valence-corrected chi connectivity index (χ4v) is 1.79. The molecule has 1 amide bonds. The van der Waals surface area contributed by atoms with E-state index in [1.807, 2.05) is 18.2 Å². The molecule has 2 N–H and O–H groups in total. The van der Waals surface area contributed by atoms with Gasteiger partial charge in [-0.1, -0.05) is 30.3 Å². The number of aryl methyl sites for hydroxylation is 2. The highest BCUT2D eigenvalue weighted by Crippen LogP contribution is 2.10. The maximum atomic E-state index is 11.2. The molecule has 0 aliphatic rings. The minimum absolute atomic E-state index is 0.393. The van der Waals surface area contributed by atoms with E-state index in [1.54, 1.807) is 18.5 Å². The molecule has 1 heterocycles. The Hall–Kier alpha value is -2.16. The summed E-state index contributed by atoms with van der Waals surface area (Å²) in [5.41, 5.74) is 8.03. The van der Waals surface area contributed by atoms with Gasteiger partial charge in [0.15, 0.2) is 0 Å². The van der Waals surface area contributed by atoms with Crippen LogP contribution in [0.4, 0.5) is 0 Å². The Balaban J connectivity index is 2.12. The number of nitrogens with zero attached hydrogens (tertiary/aromatic N) is 1. The molecule has 1 aromatic carbocycles. The average Bonchev–Trinajstić information content (AvgIpc) is 2.38. The summed E-state index contributed by atoms with van der Waals surface area (Å²) in [4.78, 5) is 15.3. The van der Waals surface area contributed by atoms with E-state index in [2.05, 4.69) is 17.1 Å². The molecule has 0 fully saturated rings. The summed E-state index contributed by atoms with van der Waals surface area (Å²) in [6, 6.07) is 11.8. The molecule has 0 bridgehead atoms. The van der Waals surface area contributed by atoms with Gasteiger partial charge in [0.2, 0.25) is 5.91 Å². The van der Waals surface area contributed by atoms with Crippen molar-refractivity contribution in [2.75, 3.05) is 0 Å². The Morgan fingerprint density at radius 3 is 2.59 bits per heavy atom. The number of hydrogen-bond donors (Lipinski definition) is 1. The van der Waals surface area contributed by atoms with Gasteiger partial charge < -0.3 is 5.73 Å². The molecule has 0 aliphatic heterocycles. The van der Waals surface area contributed by atoms with E-state index in [9.17, 15) is 4.79 Å². The highest BCUT2D eigenvalue weighted by molar-refractivity contribution is 5.94. The van der Waals surface area contributed by atoms with Crippen LogP contribution in [0.1, 0.15) is 21.5 Å². The molecule has 0 atom stereocenters. The maximum absolute atomic E-state index is 11.2. The number of pyridine rings is 1. The van der Waals surface area contributed by atoms with Crippen molar-refractivity contribution < 1.29 is 4.79 Å². The second-order valence-corrected chi connectivity index (χ2v) is 3.88. The van der Waals surface area contributed by atoms with Crippen molar-refractivity contribution in [3.8, 4) is 0 Å². The lowest BCUT2D eigenvalue weighted by atomic mass is 10.0. The predicted molar refractivity (Wildman–Crippen MR) is 66.6 cm³/mol. The maximum Gasteiger partial charge on any atom is 0.249 e. The number of amides is 1. The summed E-state index contributed by atoms with van der Waals surface area (Å²) in [6.45, 7) is 0. The van der Waals surface area contributed by atoms with Gasteiger partial charge in [-0.2, -0.15) is 0 Å². The topological polar surface area (TPSA) is 56.0 Å². The summed E-state index contributed by atoms with van der Waals surface area (Å²) in [6.07, 6.45) is 4.96. The molecule has 2 rings (SSSR count). The fourth-order valence-electron chi connectivity index (χ4n) is 1.79. The van der Waals surface area contributed by atoms with Crippen LogP contribution in [-0.4, -0.2) is 10.9 Å². The van der Waals surface area contributed by atoms with Crippen molar-refractivity contribution >= 4 is 5.91 Å². The average molecular weight is 226 g/mol. The number of rotatable bonds is 4. The van der Waals surface area contributed by atoms with Crippen molar-refractivity contribution in [1.82, 2.24) is 4.98 Å². The zero-order chi connectivity index (χ0) is 12.1. The summed E-state index contributed by atoms with van der Waals surface area (Å²) in [5, 5.41) is 0. The zero-order valence-electron chi connectivity index (χ0n) is 9.47. The number of hydrogen-bond acceptors (Lipinski definition) is 2. The molecule has 0 radical (unpaired) electrons. The number of nitrogens with two attached hydrogens (primary N) is 1. The van der Waals surface area contributed by atoms with Crippen LogP contribution in [0.3, 0.4) is 0 Å². The van der Waals surface area contributed by atoms with E-state index in [4.69, 9.17) is 5.73 Å². The Morgan fingerprint density at radius 1 is 1.12 bits per heavy atom. The molecule has 0 aliphatic carbocycles. The molecule has 0 spiro atoms. The summed E-state index contributed by atoms with van der Waals surface area (Å²) >= 11 is 0. The first-order valence-corrected chi connectivity index (χ1v) is 5.54. The normalized spacial score (nSPS) is 10.1. The number of carbonyl (C=O) groups excluding carboxylic acids is 1. The van der Waals surface area contributed by atoms with Gasteiger partial charge in [-0.05, 0) is 30.0 Å². The number of benzene rings is 1. The summed E-state index contributed by atoms with van der Waals surface area (Å²) in [5.74, 6) is -0.393. The van der Waals surface area contributed by atoms with Gasteiger partial charge in [-0.3, -0.25) is 9.78 Å². The van der Waals surface area contributed by atoms with Gasteiger partial charge in [-0.25, -0.2) is 0 Å². The molecule has 1 aromatic heterocycles. The molecule has 3 nitrogen and oxygen atoms in total. The highest BCUT2D eigenvalue weighted by atomic mass is 16.1.